The molecule has 0 atom stereocenters. The SMILES string of the molecule is O=S(=O)(Cl)c1ccccc1-c1cccs1. The van der Waals surface area contributed by atoms with Gasteiger partial charge in [0.15, 0.2) is 0 Å². The quantitative estimate of drug-likeness (QED) is 0.775. The van der Waals surface area contributed by atoms with Crippen molar-refractivity contribution in [2.75, 3.05) is 0 Å². The van der Waals surface area contributed by atoms with E-state index in [1.165, 1.54) is 17.4 Å². The molecular weight excluding hydrogens is 252 g/mol. The van der Waals surface area contributed by atoms with Crippen LogP contribution in [0.2, 0.25) is 0 Å². The van der Waals surface area contributed by atoms with Crippen molar-refractivity contribution in [3.63, 3.8) is 0 Å². The summed E-state index contributed by atoms with van der Waals surface area (Å²) in [7, 11) is 1.68. The number of hydrogen-bond donors (Lipinski definition) is 0. The molecule has 0 saturated carbocycles. The maximum Gasteiger partial charge on any atom is 0.261 e. The van der Waals surface area contributed by atoms with Crippen LogP contribution < -0.4 is 0 Å². The first kappa shape index (κ1) is 10.7. The highest BCUT2D eigenvalue weighted by Gasteiger charge is 2.16. The molecule has 5 heteroatoms. The van der Waals surface area contributed by atoms with Crippen LogP contribution in [0, 0.1) is 0 Å². The van der Waals surface area contributed by atoms with Crippen LogP contribution in [0.1, 0.15) is 0 Å². The standard InChI is InChI=1S/C10H7ClO2S2/c11-15(12,13)10-6-2-1-4-8(10)9-5-3-7-14-9/h1-7H. The summed E-state index contributed by atoms with van der Waals surface area (Å²) >= 11 is 1.48. The van der Waals surface area contributed by atoms with E-state index in [1.807, 2.05) is 17.5 Å². The van der Waals surface area contributed by atoms with Gasteiger partial charge in [0.05, 0.1) is 4.90 Å². The third kappa shape index (κ3) is 2.22. The molecule has 1 heterocycles. The van der Waals surface area contributed by atoms with Crippen LogP contribution in [0.15, 0.2) is 46.7 Å². The van der Waals surface area contributed by atoms with Crippen LogP contribution in [0.25, 0.3) is 10.4 Å². The number of thiophene rings is 1. The minimum atomic E-state index is -3.68. The topological polar surface area (TPSA) is 34.1 Å². The summed E-state index contributed by atoms with van der Waals surface area (Å²) in [6.45, 7) is 0. The third-order valence-corrected chi connectivity index (χ3v) is 4.22. The molecular formula is C10H7ClO2S2. The Kier molecular flexibility index (Phi) is 2.82. The van der Waals surface area contributed by atoms with E-state index in [0.29, 0.717) is 5.56 Å². The second-order valence-electron chi connectivity index (χ2n) is 2.91. The van der Waals surface area contributed by atoms with Gasteiger partial charge in [0.2, 0.25) is 0 Å². The van der Waals surface area contributed by atoms with Gasteiger partial charge in [-0.15, -0.1) is 11.3 Å². The number of benzene rings is 1. The Morgan fingerprint density at radius 2 is 1.80 bits per heavy atom. The summed E-state index contributed by atoms with van der Waals surface area (Å²) in [6, 6.07) is 10.5. The van der Waals surface area contributed by atoms with Crippen LogP contribution in [0.3, 0.4) is 0 Å². The molecule has 0 aliphatic carbocycles. The van der Waals surface area contributed by atoms with Gasteiger partial charge in [-0.3, -0.25) is 0 Å². The molecule has 0 bridgehead atoms. The maximum atomic E-state index is 11.3. The fraction of sp³-hybridized carbons (Fsp3) is 0. The summed E-state index contributed by atoms with van der Waals surface area (Å²) in [5, 5.41) is 1.90. The fourth-order valence-corrected chi connectivity index (χ4v) is 3.23. The summed E-state index contributed by atoms with van der Waals surface area (Å²) in [6.07, 6.45) is 0. The Balaban J connectivity index is 2.68. The van der Waals surface area contributed by atoms with E-state index in [4.69, 9.17) is 10.7 Å². The summed E-state index contributed by atoms with van der Waals surface area (Å²) in [5.74, 6) is 0. The Morgan fingerprint density at radius 1 is 1.07 bits per heavy atom. The van der Waals surface area contributed by atoms with Gasteiger partial charge in [-0.2, -0.15) is 0 Å². The summed E-state index contributed by atoms with van der Waals surface area (Å²) in [5.41, 5.74) is 0.655. The molecule has 0 amide bonds. The van der Waals surface area contributed by atoms with Crippen molar-refractivity contribution in [3.8, 4) is 10.4 Å². The molecule has 2 aromatic rings. The largest absolute Gasteiger partial charge is 0.261 e. The van der Waals surface area contributed by atoms with Crippen molar-refractivity contribution < 1.29 is 8.42 Å². The van der Waals surface area contributed by atoms with E-state index in [9.17, 15) is 8.42 Å². The highest BCUT2D eigenvalue weighted by atomic mass is 35.7. The van der Waals surface area contributed by atoms with Gasteiger partial charge in [0.25, 0.3) is 9.05 Å². The lowest BCUT2D eigenvalue weighted by molar-refractivity contribution is 0.610. The number of hydrogen-bond acceptors (Lipinski definition) is 3. The number of halogens is 1. The highest BCUT2D eigenvalue weighted by Crippen LogP contribution is 2.32. The van der Waals surface area contributed by atoms with Crippen molar-refractivity contribution in [2.24, 2.45) is 0 Å². The van der Waals surface area contributed by atoms with Crippen molar-refractivity contribution in [1.82, 2.24) is 0 Å². The molecule has 0 aliphatic rings. The van der Waals surface area contributed by atoms with Crippen LogP contribution in [0.4, 0.5) is 0 Å². The fourth-order valence-electron chi connectivity index (χ4n) is 1.31. The van der Waals surface area contributed by atoms with Crippen molar-refractivity contribution in [2.45, 2.75) is 4.90 Å². The number of rotatable bonds is 2. The maximum absolute atomic E-state index is 11.3. The molecule has 15 heavy (non-hydrogen) atoms. The van der Waals surface area contributed by atoms with Crippen LogP contribution in [0.5, 0.6) is 0 Å². The first-order chi connectivity index (χ1) is 7.09. The Hall–Kier alpha value is -0.840. The monoisotopic (exact) mass is 258 g/mol. The van der Waals surface area contributed by atoms with Crippen LogP contribution >= 0.6 is 22.0 Å². The molecule has 0 unspecified atom stereocenters. The molecule has 0 fully saturated rings. The second-order valence-corrected chi connectivity index (χ2v) is 6.39. The summed E-state index contributed by atoms with van der Waals surface area (Å²) < 4.78 is 22.6. The lowest BCUT2D eigenvalue weighted by atomic mass is 10.2. The first-order valence-electron chi connectivity index (χ1n) is 4.16. The van der Waals surface area contributed by atoms with E-state index in [-0.39, 0.29) is 4.90 Å². The third-order valence-electron chi connectivity index (χ3n) is 1.94. The van der Waals surface area contributed by atoms with Gasteiger partial charge in [-0.1, -0.05) is 24.3 Å². The van der Waals surface area contributed by atoms with Crippen molar-refractivity contribution >= 4 is 31.1 Å². The van der Waals surface area contributed by atoms with Gasteiger partial charge in [0, 0.05) is 21.1 Å². The highest BCUT2D eigenvalue weighted by molar-refractivity contribution is 8.13. The zero-order chi connectivity index (χ0) is 10.9. The van der Waals surface area contributed by atoms with E-state index in [0.717, 1.165) is 4.88 Å². The van der Waals surface area contributed by atoms with Crippen molar-refractivity contribution in [1.29, 1.82) is 0 Å². The molecule has 1 aromatic heterocycles. The molecule has 1 aromatic carbocycles. The molecule has 2 rings (SSSR count). The van der Waals surface area contributed by atoms with Gasteiger partial charge < -0.3 is 0 Å². The van der Waals surface area contributed by atoms with E-state index >= 15 is 0 Å². The van der Waals surface area contributed by atoms with Gasteiger partial charge >= 0.3 is 0 Å². The van der Waals surface area contributed by atoms with E-state index < -0.39 is 9.05 Å². The minimum absolute atomic E-state index is 0.161. The van der Waals surface area contributed by atoms with Gasteiger partial charge in [0.1, 0.15) is 0 Å². The zero-order valence-electron chi connectivity index (χ0n) is 7.55. The van der Waals surface area contributed by atoms with Crippen molar-refractivity contribution in [3.05, 3.63) is 41.8 Å². The van der Waals surface area contributed by atoms with Crippen LogP contribution in [-0.4, -0.2) is 8.42 Å². The average Bonchev–Trinajstić information content (AvgIpc) is 2.69. The molecule has 0 N–H and O–H groups in total. The molecule has 0 aliphatic heterocycles. The minimum Gasteiger partial charge on any atom is -0.207 e. The zero-order valence-corrected chi connectivity index (χ0v) is 9.94. The van der Waals surface area contributed by atoms with E-state index in [2.05, 4.69) is 0 Å². The molecule has 0 spiro atoms. The predicted molar refractivity (Wildman–Crippen MR) is 62.8 cm³/mol. The summed E-state index contributed by atoms with van der Waals surface area (Å²) in [4.78, 5) is 1.06. The molecule has 78 valence electrons. The molecule has 0 saturated heterocycles. The van der Waals surface area contributed by atoms with E-state index in [1.54, 1.807) is 18.2 Å². The lowest BCUT2D eigenvalue weighted by Gasteiger charge is -2.03. The lowest BCUT2D eigenvalue weighted by Crippen LogP contribution is -1.92. The predicted octanol–water partition coefficient (Wildman–Crippen LogP) is 3.34. The Bertz CT molecular complexity index is 559. The Labute approximate surface area is 96.6 Å². The smallest absolute Gasteiger partial charge is 0.207 e. The molecule has 0 radical (unpaired) electrons. The normalized spacial score (nSPS) is 11.5. The molecule has 2 nitrogen and oxygen atoms in total. The average molecular weight is 259 g/mol. The second kappa shape index (κ2) is 3.96. The van der Waals surface area contributed by atoms with Crippen LogP contribution in [-0.2, 0) is 9.05 Å². The Morgan fingerprint density at radius 3 is 2.40 bits per heavy atom. The first-order valence-corrected chi connectivity index (χ1v) is 7.35. The van der Waals surface area contributed by atoms with Gasteiger partial charge in [-0.05, 0) is 17.5 Å². The van der Waals surface area contributed by atoms with Gasteiger partial charge in [-0.25, -0.2) is 8.42 Å².